The maximum Gasteiger partial charge on any atom is 0.343 e. The zero-order chi connectivity index (χ0) is 12.1. The number of carbonyl (C=O) groups excluding carboxylic acids is 1. The Hall–Kier alpha value is -1.42. The summed E-state index contributed by atoms with van der Waals surface area (Å²) in [6.07, 6.45) is -3.51. The average Bonchev–Trinajstić information content (AvgIpc) is 2.28. The number of aryl methyl sites for hydroxylation is 1. The number of alkyl halides is 1. The van der Waals surface area contributed by atoms with Gasteiger partial charge in [-0.15, -0.1) is 0 Å². The summed E-state index contributed by atoms with van der Waals surface area (Å²) >= 11 is 0. The predicted octanol–water partition coefficient (Wildman–Crippen LogP) is 1.93. The highest BCUT2D eigenvalue weighted by Crippen LogP contribution is 2.20. The molecule has 0 aliphatic heterocycles. The lowest BCUT2D eigenvalue weighted by Gasteiger charge is -2.14. The van der Waals surface area contributed by atoms with Crippen LogP contribution in [0.2, 0.25) is 0 Å². The van der Waals surface area contributed by atoms with E-state index in [9.17, 15) is 14.3 Å². The molecule has 0 aliphatic carbocycles. The van der Waals surface area contributed by atoms with Gasteiger partial charge in [0.2, 0.25) is 6.17 Å². The molecule has 0 saturated heterocycles. The van der Waals surface area contributed by atoms with Crippen LogP contribution in [0.25, 0.3) is 0 Å². The van der Waals surface area contributed by atoms with Gasteiger partial charge < -0.3 is 9.84 Å². The molecule has 4 heteroatoms. The van der Waals surface area contributed by atoms with E-state index in [0.29, 0.717) is 5.56 Å². The highest BCUT2D eigenvalue weighted by Gasteiger charge is 2.28. The van der Waals surface area contributed by atoms with Crippen molar-refractivity contribution in [2.75, 3.05) is 6.61 Å². The van der Waals surface area contributed by atoms with Crippen LogP contribution in [0.1, 0.15) is 24.2 Å². The SMILES string of the molecule is CCOC(=O)[C@@H](F)[C@H](O)c1ccc(C)cc1. The molecule has 0 bridgehead atoms. The number of halogens is 1. The monoisotopic (exact) mass is 226 g/mol. The molecule has 0 aromatic heterocycles. The molecule has 3 nitrogen and oxygen atoms in total. The molecular formula is C12H15FO3. The van der Waals surface area contributed by atoms with E-state index in [1.54, 1.807) is 31.2 Å². The van der Waals surface area contributed by atoms with Gasteiger partial charge in [-0.05, 0) is 19.4 Å². The minimum absolute atomic E-state index is 0.0971. The molecular weight excluding hydrogens is 211 g/mol. The number of hydrogen-bond acceptors (Lipinski definition) is 3. The largest absolute Gasteiger partial charge is 0.464 e. The molecule has 16 heavy (non-hydrogen) atoms. The molecule has 1 aromatic rings. The summed E-state index contributed by atoms with van der Waals surface area (Å²) in [7, 11) is 0. The van der Waals surface area contributed by atoms with E-state index in [-0.39, 0.29) is 6.61 Å². The minimum Gasteiger partial charge on any atom is -0.464 e. The summed E-state index contributed by atoms with van der Waals surface area (Å²) in [4.78, 5) is 11.1. The van der Waals surface area contributed by atoms with Crippen LogP contribution in [-0.2, 0) is 9.53 Å². The molecule has 1 N–H and O–H groups in total. The second kappa shape index (κ2) is 5.61. The predicted molar refractivity (Wildman–Crippen MR) is 57.7 cm³/mol. The molecule has 0 aliphatic rings. The summed E-state index contributed by atoms with van der Waals surface area (Å²) in [6.45, 7) is 3.57. The van der Waals surface area contributed by atoms with Gasteiger partial charge in [0, 0.05) is 0 Å². The second-order valence-electron chi connectivity index (χ2n) is 3.51. The standard InChI is InChI=1S/C12H15FO3/c1-3-16-12(15)10(13)11(14)9-6-4-8(2)5-7-9/h4-7,10-11,14H,3H2,1-2H3/t10-,11+/m0/s1. The van der Waals surface area contributed by atoms with Crippen molar-refractivity contribution in [2.24, 2.45) is 0 Å². The first-order valence-corrected chi connectivity index (χ1v) is 5.11. The van der Waals surface area contributed by atoms with Gasteiger partial charge in [-0.3, -0.25) is 0 Å². The lowest BCUT2D eigenvalue weighted by Crippen LogP contribution is -2.26. The Morgan fingerprint density at radius 2 is 2.00 bits per heavy atom. The highest BCUT2D eigenvalue weighted by atomic mass is 19.1. The Labute approximate surface area is 93.9 Å². The van der Waals surface area contributed by atoms with Gasteiger partial charge >= 0.3 is 5.97 Å². The fraction of sp³-hybridized carbons (Fsp3) is 0.417. The fourth-order valence-corrected chi connectivity index (χ4v) is 1.28. The van der Waals surface area contributed by atoms with Gasteiger partial charge in [-0.2, -0.15) is 0 Å². The second-order valence-corrected chi connectivity index (χ2v) is 3.51. The molecule has 1 aromatic carbocycles. The lowest BCUT2D eigenvalue weighted by atomic mass is 10.0. The van der Waals surface area contributed by atoms with E-state index in [2.05, 4.69) is 4.74 Å². The van der Waals surface area contributed by atoms with Crippen LogP contribution < -0.4 is 0 Å². The number of carbonyl (C=O) groups is 1. The Bertz CT molecular complexity index is 348. The maximum atomic E-state index is 13.4. The first kappa shape index (κ1) is 12.6. The Morgan fingerprint density at radius 3 is 2.50 bits per heavy atom. The summed E-state index contributed by atoms with van der Waals surface area (Å²) in [5.41, 5.74) is 1.37. The molecule has 2 atom stereocenters. The van der Waals surface area contributed by atoms with Crippen molar-refractivity contribution in [3.63, 3.8) is 0 Å². The number of aliphatic hydroxyl groups excluding tert-OH is 1. The molecule has 0 amide bonds. The van der Waals surface area contributed by atoms with Crippen LogP contribution in [0.15, 0.2) is 24.3 Å². The number of hydrogen-bond donors (Lipinski definition) is 1. The van der Waals surface area contributed by atoms with Crippen LogP contribution in [0.4, 0.5) is 4.39 Å². The molecule has 88 valence electrons. The third-order valence-electron chi connectivity index (χ3n) is 2.21. The first-order valence-electron chi connectivity index (χ1n) is 5.11. The van der Waals surface area contributed by atoms with E-state index < -0.39 is 18.2 Å². The molecule has 0 saturated carbocycles. The third-order valence-corrected chi connectivity index (χ3v) is 2.21. The van der Waals surface area contributed by atoms with Crippen LogP contribution in [0, 0.1) is 6.92 Å². The van der Waals surface area contributed by atoms with E-state index in [0.717, 1.165) is 5.56 Å². The van der Waals surface area contributed by atoms with Gasteiger partial charge in [-0.1, -0.05) is 29.8 Å². The smallest absolute Gasteiger partial charge is 0.343 e. The first-order chi connectivity index (χ1) is 7.56. The van der Waals surface area contributed by atoms with Crippen LogP contribution in [0.5, 0.6) is 0 Å². The number of aliphatic hydroxyl groups is 1. The molecule has 0 fully saturated rings. The van der Waals surface area contributed by atoms with Crippen molar-refractivity contribution in [1.29, 1.82) is 0 Å². The summed E-state index contributed by atoms with van der Waals surface area (Å²) in [5.74, 6) is -1.03. The quantitative estimate of drug-likeness (QED) is 0.798. The van der Waals surface area contributed by atoms with Crippen molar-refractivity contribution in [2.45, 2.75) is 26.1 Å². The van der Waals surface area contributed by atoms with E-state index in [4.69, 9.17) is 0 Å². The molecule has 0 radical (unpaired) electrons. The van der Waals surface area contributed by atoms with Crippen molar-refractivity contribution in [3.05, 3.63) is 35.4 Å². The number of esters is 1. The molecule has 1 rings (SSSR count). The fourth-order valence-electron chi connectivity index (χ4n) is 1.28. The van der Waals surface area contributed by atoms with Gasteiger partial charge in [0.05, 0.1) is 6.61 Å². The van der Waals surface area contributed by atoms with Crippen molar-refractivity contribution < 1.29 is 19.0 Å². The van der Waals surface area contributed by atoms with E-state index >= 15 is 0 Å². The van der Waals surface area contributed by atoms with E-state index in [1.807, 2.05) is 6.92 Å². The molecule has 0 heterocycles. The van der Waals surface area contributed by atoms with Gasteiger partial charge in [0.15, 0.2) is 0 Å². The van der Waals surface area contributed by atoms with Crippen LogP contribution in [0.3, 0.4) is 0 Å². The average molecular weight is 226 g/mol. The normalized spacial score (nSPS) is 14.2. The van der Waals surface area contributed by atoms with Gasteiger partial charge in [0.25, 0.3) is 0 Å². The maximum absolute atomic E-state index is 13.4. The van der Waals surface area contributed by atoms with Crippen molar-refractivity contribution >= 4 is 5.97 Å². The minimum atomic E-state index is -2.04. The Morgan fingerprint density at radius 1 is 1.44 bits per heavy atom. The Kier molecular flexibility index (Phi) is 4.43. The lowest BCUT2D eigenvalue weighted by molar-refractivity contribution is -0.153. The zero-order valence-electron chi connectivity index (χ0n) is 9.31. The van der Waals surface area contributed by atoms with Crippen LogP contribution in [-0.4, -0.2) is 23.9 Å². The highest BCUT2D eigenvalue weighted by molar-refractivity contribution is 5.75. The molecule has 0 spiro atoms. The van der Waals surface area contributed by atoms with Crippen molar-refractivity contribution in [1.82, 2.24) is 0 Å². The summed E-state index contributed by atoms with van der Waals surface area (Å²) < 4.78 is 17.9. The number of benzene rings is 1. The third kappa shape index (κ3) is 3.03. The molecule has 0 unspecified atom stereocenters. The van der Waals surface area contributed by atoms with Gasteiger partial charge in [0.1, 0.15) is 6.10 Å². The summed E-state index contributed by atoms with van der Waals surface area (Å²) in [5, 5.41) is 9.60. The summed E-state index contributed by atoms with van der Waals surface area (Å²) in [6, 6.07) is 6.67. The number of rotatable bonds is 4. The Balaban J connectivity index is 2.73. The zero-order valence-corrected chi connectivity index (χ0v) is 9.31. The van der Waals surface area contributed by atoms with Gasteiger partial charge in [-0.25, -0.2) is 9.18 Å². The topological polar surface area (TPSA) is 46.5 Å². The van der Waals surface area contributed by atoms with E-state index in [1.165, 1.54) is 0 Å². The van der Waals surface area contributed by atoms with Crippen LogP contribution >= 0.6 is 0 Å². The van der Waals surface area contributed by atoms with Crippen molar-refractivity contribution in [3.8, 4) is 0 Å². The number of ether oxygens (including phenoxy) is 1.